The molecule has 4 rings (SSSR count). The third-order valence-electron chi connectivity index (χ3n) is 6.30. The molecule has 2 heterocycles. The molecular formula is C25H29N3O2. The quantitative estimate of drug-likeness (QED) is 0.686. The van der Waals surface area contributed by atoms with Gasteiger partial charge in [-0.2, -0.15) is 0 Å². The van der Waals surface area contributed by atoms with Crippen molar-refractivity contribution < 1.29 is 9.90 Å². The van der Waals surface area contributed by atoms with Crippen LogP contribution in [0.2, 0.25) is 0 Å². The zero-order valence-electron chi connectivity index (χ0n) is 17.6. The Morgan fingerprint density at radius 1 is 1.07 bits per heavy atom. The van der Waals surface area contributed by atoms with E-state index in [1.807, 2.05) is 51.9 Å². The van der Waals surface area contributed by atoms with Crippen molar-refractivity contribution in [2.45, 2.75) is 39.3 Å². The molecule has 1 fully saturated rings. The summed E-state index contributed by atoms with van der Waals surface area (Å²) < 4.78 is 1.97. The molecule has 5 nitrogen and oxygen atoms in total. The van der Waals surface area contributed by atoms with Gasteiger partial charge in [0.15, 0.2) is 0 Å². The molecule has 1 aromatic heterocycles. The largest absolute Gasteiger partial charge is 0.382 e. The third kappa shape index (κ3) is 4.31. The molecule has 0 spiro atoms. The van der Waals surface area contributed by atoms with Crippen molar-refractivity contribution in [3.8, 4) is 0 Å². The first-order valence-corrected chi connectivity index (χ1v) is 10.6. The van der Waals surface area contributed by atoms with Crippen LogP contribution in [-0.4, -0.2) is 27.1 Å². The summed E-state index contributed by atoms with van der Waals surface area (Å²) >= 11 is 0. The molecule has 2 aromatic carbocycles. The molecule has 1 N–H and O–H groups in total. The maximum Gasteiger partial charge on any atom is 0.226 e. The van der Waals surface area contributed by atoms with Gasteiger partial charge in [0.2, 0.25) is 5.91 Å². The molecule has 1 aliphatic heterocycles. The molecule has 1 amide bonds. The van der Waals surface area contributed by atoms with Crippen LogP contribution in [0, 0.1) is 11.8 Å². The van der Waals surface area contributed by atoms with Gasteiger partial charge in [-0.1, -0.05) is 56.3 Å². The van der Waals surface area contributed by atoms with Crippen LogP contribution in [0.5, 0.6) is 0 Å². The van der Waals surface area contributed by atoms with Crippen molar-refractivity contribution in [2.75, 3.05) is 11.4 Å². The number of amides is 1. The fourth-order valence-corrected chi connectivity index (χ4v) is 4.06. The minimum atomic E-state index is -0.717. The number of carbonyl (C=O) groups excluding carboxylic acids is 1. The average molecular weight is 404 g/mol. The van der Waals surface area contributed by atoms with E-state index in [0.29, 0.717) is 24.8 Å². The molecule has 30 heavy (non-hydrogen) atoms. The summed E-state index contributed by atoms with van der Waals surface area (Å²) in [6.07, 6.45) is 4.32. The number of rotatable bonds is 5. The number of carbonyl (C=O) groups is 1. The van der Waals surface area contributed by atoms with E-state index in [2.05, 4.69) is 31.0 Å². The highest BCUT2D eigenvalue weighted by Crippen LogP contribution is 2.28. The van der Waals surface area contributed by atoms with Crippen LogP contribution in [0.4, 0.5) is 5.69 Å². The minimum Gasteiger partial charge on any atom is -0.382 e. The predicted molar refractivity (Wildman–Crippen MR) is 118 cm³/mol. The molecule has 0 radical (unpaired) electrons. The zero-order valence-corrected chi connectivity index (χ0v) is 17.6. The highest BCUT2D eigenvalue weighted by Gasteiger charge is 2.26. The number of aromatic nitrogens is 2. The van der Waals surface area contributed by atoms with Crippen LogP contribution in [0.25, 0.3) is 0 Å². The van der Waals surface area contributed by atoms with Gasteiger partial charge in [0.05, 0.1) is 18.2 Å². The van der Waals surface area contributed by atoms with Crippen molar-refractivity contribution >= 4 is 11.6 Å². The molecule has 1 saturated heterocycles. The maximum absolute atomic E-state index is 12.6. The Morgan fingerprint density at radius 2 is 1.80 bits per heavy atom. The van der Waals surface area contributed by atoms with E-state index in [1.165, 1.54) is 0 Å². The van der Waals surface area contributed by atoms with Crippen LogP contribution >= 0.6 is 0 Å². The average Bonchev–Trinajstić information content (AvgIpc) is 3.19. The number of imidazole rings is 1. The number of anilines is 1. The van der Waals surface area contributed by atoms with Gasteiger partial charge in [0.1, 0.15) is 6.10 Å². The van der Waals surface area contributed by atoms with Gasteiger partial charge in [0, 0.05) is 25.2 Å². The van der Waals surface area contributed by atoms with E-state index in [-0.39, 0.29) is 5.91 Å². The lowest BCUT2D eigenvalue weighted by Gasteiger charge is -2.25. The zero-order chi connectivity index (χ0) is 21.1. The summed E-state index contributed by atoms with van der Waals surface area (Å²) in [5.74, 6) is 1.26. The van der Waals surface area contributed by atoms with E-state index in [0.717, 1.165) is 35.5 Å². The topological polar surface area (TPSA) is 58.4 Å². The van der Waals surface area contributed by atoms with Gasteiger partial charge < -0.3 is 14.6 Å². The Labute approximate surface area is 178 Å². The van der Waals surface area contributed by atoms with Gasteiger partial charge >= 0.3 is 0 Å². The van der Waals surface area contributed by atoms with Gasteiger partial charge in [-0.25, -0.2) is 4.98 Å². The Morgan fingerprint density at radius 3 is 2.53 bits per heavy atom. The van der Waals surface area contributed by atoms with Gasteiger partial charge in [-0.3, -0.25) is 4.79 Å². The van der Waals surface area contributed by atoms with Crippen molar-refractivity contribution in [1.82, 2.24) is 9.55 Å². The Kier molecular flexibility index (Phi) is 6.00. The number of hydrogen-bond acceptors (Lipinski definition) is 3. The molecule has 3 aromatic rings. The first-order chi connectivity index (χ1) is 14.5. The highest BCUT2D eigenvalue weighted by atomic mass is 16.3. The predicted octanol–water partition coefficient (Wildman–Crippen LogP) is 4.41. The number of benzene rings is 2. The smallest absolute Gasteiger partial charge is 0.226 e. The molecule has 0 aliphatic carbocycles. The van der Waals surface area contributed by atoms with Crippen molar-refractivity contribution in [2.24, 2.45) is 11.8 Å². The lowest BCUT2D eigenvalue weighted by Crippen LogP contribution is -2.33. The summed E-state index contributed by atoms with van der Waals surface area (Å²) in [5, 5.41) is 10.8. The Balaban J connectivity index is 1.50. The molecule has 2 unspecified atom stereocenters. The van der Waals surface area contributed by atoms with E-state index in [4.69, 9.17) is 0 Å². The van der Waals surface area contributed by atoms with Gasteiger partial charge in [0.25, 0.3) is 0 Å². The molecule has 5 heteroatoms. The second-order valence-corrected chi connectivity index (χ2v) is 8.42. The van der Waals surface area contributed by atoms with E-state index < -0.39 is 6.10 Å². The van der Waals surface area contributed by atoms with E-state index >= 15 is 0 Å². The molecule has 156 valence electrons. The first-order valence-electron chi connectivity index (χ1n) is 10.6. The highest BCUT2D eigenvalue weighted by molar-refractivity contribution is 5.93. The van der Waals surface area contributed by atoms with Crippen molar-refractivity contribution in [3.05, 3.63) is 83.9 Å². The van der Waals surface area contributed by atoms with Crippen LogP contribution < -0.4 is 4.90 Å². The molecule has 0 saturated carbocycles. The number of hydrogen-bond donors (Lipinski definition) is 1. The number of aliphatic hydroxyl groups is 1. The lowest BCUT2D eigenvalue weighted by atomic mass is 9.93. The summed E-state index contributed by atoms with van der Waals surface area (Å²) in [6, 6.07) is 17.8. The van der Waals surface area contributed by atoms with Crippen LogP contribution in [-0.2, 0) is 11.3 Å². The molecular weight excluding hydrogens is 374 g/mol. The van der Waals surface area contributed by atoms with E-state index in [9.17, 15) is 9.90 Å². The molecule has 0 bridgehead atoms. The molecule has 3 atom stereocenters. The standard InChI is InChI=1S/C25H29N3O2/c1-18-8-13-24(29)28(15-19(18)2)22-11-9-20(10-12-22)16-27-17-26-14-23(27)25(30)21-6-4-3-5-7-21/h3-7,9-12,14,17-19,25,30H,8,13,15-16H2,1-2H3/t18-,19?,25?/m1/s1. The summed E-state index contributed by atoms with van der Waals surface area (Å²) in [6.45, 7) is 5.84. The monoisotopic (exact) mass is 403 g/mol. The fourth-order valence-electron chi connectivity index (χ4n) is 4.06. The normalized spacial score (nSPS) is 20.8. The number of nitrogens with zero attached hydrogens (tertiary/aromatic N) is 3. The van der Waals surface area contributed by atoms with Crippen LogP contribution in [0.1, 0.15) is 49.6 Å². The first kappa shape index (κ1) is 20.4. The lowest BCUT2D eigenvalue weighted by molar-refractivity contribution is -0.118. The molecule has 1 aliphatic rings. The summed E-state index contributed by atoms with van der Waals surface area (Å²) in [5.41, 5.74) is 3.66. The van der Waals surface area contributed by atoms with E-state index in [1.54, 1.807) is 12.5 Å². The van der Waals surface area contributed by atoms with Gasteiger partial charge in [-0.05, 0) is 41.5 Å². The fraction of sp³-hybridized carbons (Fsp3) is 0.360. The number of aliphatic hydroxyl groups excluding tert-OH is 1. The second kappa shape index (κ2) is 8.84. The maximum atomic E-state index is 12.6. The van der Waals surface area contributed by atoms with Crippen LogP contribution in [0.15, 0.2) is 67.1 Å². The summed E-state index contributed by atoms with van der Waals surface area (Å²) in [4.78, 5) is 18.8. The Bertz CT molecular complexity index is 981. The summed E-state index contributed by atoms with van der Waals surface area (Å²) in [7, 11) is 0. The van der Waals surface area contributed by atoms with Crippen molar-refractivity contribution in [1.29, 1.82) is 0 Å². The second-order valence-electron chi connectivity index (χ2n) is 8.42. The van der Waals surface area contributed by atoms with Gasteiger partial charge in [-0.15, -0.1) is 0 Å². The third-order valence-corrected chi connectivity index (χ3v) is 6.30. The van der Waals surface area contributed by atoms with Crippen LogP contribution in [0.3, 0.4) is 0 Å². The minimum absolute atomic E-state index is 0.210. The Hall–Kier alpha value is -2.92. The SMILES string of the molecule is CC1CN(c2ccc(Cn3cncc3C(O)c3ccccc3)cc2)C(=O)CC[C@H]1C. The van der Waals surface area contributed by atoms with Crippen molar-refractivity contribution in [3.63, 3.8) is 0 Å².